The molecule has 1 N–H and O–H groups in total. The van der Waals surface area contributed by atoms with E-state index >= 15 is 0 Å². The molecule has 0 radical (unpaired) electrons. The van der Waals surface area contributed by atoms with Crippen LogP contribution in [0.5, 0.6) is 0 Å². The molecular weight excluding hydrogens is 384 g/mol. The monoisotopic (exact) mass is 416 g/mol. The predicted molar refractivity (Wildman–Crippen MR) is 131 cm³/mol. The Morgan fingerprint density at radius 3 is 2.68 bits per heavy atom. The summed E-state index contributed by atoms with van der Waals surface area (Å²) in [7, 11) is 0. The van der Waals surface area contributed by atoms with Crippen molar-refractivity contribution in [1.29, 1.82) is 0 Å². The Balaban J connectivity index is 1.71. The van der Waals surface area contributed by atoms with Gasteiger partial charge >= 0.3 is 5.63 Å². The fraction of sp³-hybridized carbons (Fsp3) is 0.370. The topological polar surface area (TPSA) is 45.5 Å². The summed E-state index contributed by atoms with van der Waals surface area (Å²) in [6.07, 6.45) is 3.38. The van der Waals surface area contributed by atoms with Gasteiger partial charge in [-0.3, -0.25) is 0 Å². The lowest BCUT2D eigenvalue weighted by molar-refractivity contribution is 0.534. The van der Waals surface area contributed by atoms with Crippen molar-refractivity contribution in [1.82, 2.24) is 5.32 Å². The van der Waals surface area contributed by atoms with Gasteiger partial charge < -0.3 is 14.6 Å². The van der Waals surface area contributed by atoms with Gasteiger partial charge in [0.2, 0.25) is 0 Å². The molecule has 1 atom stereocenters. The van der Waals surface area contributed by atoms with E-state index in [1.807, 2.05) is 24.3 Å². The molecule has 2 heterocycles. The third kappa shape index (κ3) is 4.59. The Hall–Kier alpha value is -2.85. The van der Waals surface area contributed by atoms with Crippen LogP contribution >= 0.6 is 0 Å². The highest BCUT2D eigenvalue weighted by Crippen LogP contribution is 2.28. The highest BCUT2D eigenvalue weighted by Gasteiger charge is 2.14. The molecule has 3 aromatic rings. The van der Waals surface area contributed by atoms with Gasteiger partial charge in [-0.1, -0.05) is 43.7 Å². The fourth-order valence-electron chi connectivity index (χ4n) is 4.09. The number of hydrogen-bond acceptors (Lipinski definition) is 4. The van der Waals surface area contributed by atoms with Crippen LogP contribution in [-0.2, 0) is 0 Å². The van der Waals surface area contributed by atoms with Crippen molar-refractivity contribution >= 4 is 22.5 Å². The van der Waals surface area contributed by atoms with Crippen molar-refractivity contribution in [3.63, 3.8) is 0 Å². The molecule has 31 heavy (non-hydrogen) atoms. The van der Waals surface area contributed by atoms with Crippen molar-refractivity contribution in [2.24, 2.45) is 5.92 Å². The molecule has 0 amide bonds. The Kier molecular flexibility index (Phi) is 6.28. The molecule has 1 saturated heterocycles. The lowest BCUT2D eigenvalue weighted by Crippen LogP contribution is -2.43. The smallest absolute Gasteiger partial charge is 0.344 e. The number of anilines is 1. The number of nitrogens with zero attached hydrogens (tertiary/aromatic N) is 1. The fourth-order valence-corrected chi connectivity index (χ4v) is 4.09. The third-order valence-electron chi connectivity index (χ3n) is 6.56. The largest absolute Gasteiger partial charge is 0.422 e. The molecule has 2 aromatic carbocycles. The number of aryl methyl sites for hydroxylation is 1. The molecule has 4 nitrogen and oxygen atoms in total. The minimum atomic E-state index is -0.280. The molecule has 4 rings (SSSR count). The maximum atomic E-state index is 12.9. The summed E-state index contributed by atoms with van der Waals surface area (Å²) in [5, 5.41) is 4.92. The lowest BCUT2D eigenvalue weighted by Gasteiger charge is -2.29. The maximum absolute atomic E-state index is 12.9. The first kappa shape index (κ1) is 21.4. The number of piperazine rings is 1. The van der Waals surface area contributed by atoms with Crippen molar-refractivity contribution in [2.75, 3.05) is 31.1 Å². The Labute approximate surface area is 184 Å². The summed E-state index contributed by atoms with van der Waals surface area (Å²) in [6, 6.07) is 14.4. The van der Waals surface area contributed by atoms with E-state index in [0.717, 1.165) is 49.2 Å². The van der Waals surface area contributed by atoms with E-state index in [9.17, 15) is 4.79 Å². The van der Waals surface area contributed by atoms with Crippen LogP contribution in [0.15, 0.2) is 57.2 Å². The molecule has 162 valence electrons. The van der Waals surface area contributed by atoms with Crippen LogP contribution in [0.3, 0.4) is 0 Å². The standard InChI is InChI=1S/C27H32N2O2/c1-5-18(2)20(4)14-23-15-22(7-6-19(23)3)26-16-21-8-9-24(17-25(21)27(30)31-26)29-12-10-28-11-13-29/h6-9,14-18,28H,5,10-13H2,1-4H3/b20-14-. The highest BCUT2D eigenvalue weighted by atomic mass is 16.4. The minimum Gasteiger partial charge on any atom is -0.422 e. The first-order chi connectivity index (χ1) is 15.0. The summed E-state index contributed by atoms with van der Waals surface area (Å²) < 4.78 is 5.78. The van der Waals surface area contributed by atoms with Crippen molar-refractivity contribution in [2.45, 2.75) is 34.1 Å². The van der Waals surface area contributed by atoms with Gasteiger partial charge in [0, 0.05) is 37.4 Å². The zero-order valence-corrected chi connectivity index (χ0v) is 19.0. The molecule has 1 unspecified atom stereocenters. The number of benzene rings is 2. The molecule has 0 aliphatic carbocycles. The van der Waals surface area contributed by atoms with Crippen molar-refractivity contribution in [3.05, 3.63) is 69.6 Å². The molecule has 1 aliphatic rings. The summed E-state index contributed by atoms with van der Waals surface area (Å²) in [5.74, 6) is 1.16. The number of nitrogens with one attached hydrogen (secondary N) is 1. The second-order valence-corrected chi connectivity index (χ2v) is 8.68. The maximum Gasteiger partial charge on any atom is 0.344 e. The molecule has 0 spiro atoms. The minimum absolute atomic E-state index is 0.280. The molecule has 1 aliphatic heterocycles. The van der Waals surface area contributed by atoms with Crippen molar-refractivity contribution in [3.8, 4) is 11.3 Å². The Morgan fingerprint density at radius 2 is 1.94 bits per heavy atom. The van der Waals surface area contributed by atoms with Gasteiger partial charge in [0.25, 0.3) is 0 Å². The average molecular weight is 417 g/mol. The molecule has 0 saturated carbocycles. The van der Waals surface area contributed by atoms with Gasteiger partial charge in [-0.25, -0.2) is 4.79 Å². The number of allylic oxidation sites excluding steroid dienone is 1. The van der Waals surface area contributed by atoms with E-state index in [2.05, 4.69) is 62.2 Å². The van der Waals surface area contributed by atoms with Crippen LogP contribution < -0.4 is 15.8 Å². The van der Waals surface area contributed by atoms with Crippen LogP contribution in [0.4, 0.5) is 5.69 Å². The summed E-state index contributed by atoms with van der Waals surface area (Å²) in [4.78, 5) is 15.2. The van der Waals surface area contributed by atoms with E-state index < -0.39 is 0 Å². The molecule has 1 aromatic heterocycles. The van der Waals surface area contributed by atoms with Gasteiger partial charge in [-0.15, -0.1) is 0 Å². The van der Waals surface area contributed by atoms with Crippen molar-refractivity contribution < 1.29 is 4.42 Å². The van der Waals surface area contributed by atoms with E-state index in [4.69, 9.17) is 4.42 Å². The van der Waals surface area contributed by atoms with Crippen LogP contribution in [0.25, 0.3) is 28.2 Å². The Bertz CT molecular complexity index is 1170. The van der Waals surface area contributed by atoms with Gasteiger partial charge in [0.15, 0.2) is 0 Å². The second kappa shape index (κ2) is 9.11. The van der Waals surface area contributed by atoms with E-state index in [-0.39, 0.29) is 5.63 Å². The van der Waals surface area contributed by atoms with Gasteiger partial charge in [0.05, 0.1) is 5.39 Å². The molecule has 1 fully saturated rings. The predicted octanol–water partition coefficient (Wildman–Crippen LogP) is 5.63. The highest BCUT2D eigenvalue weighted by molar-refractivity contribution is 5.87. The first-order valence-electron chi connectivity index (χ1n) is 11.3. The molecule has 4 heteroatoms. The summed E-state index contributed by atoms with van der Waals surface area (Å²) >= 11 is 0. The van der Waals surface area contributed by atoms with Crippen LogP contribution in [0.2, 0.25) is 0 Å². The average Bonchev–Trinajstić information content (AvgIpc) is 2.80. The number of rotatable bonds is 5. The van der Waals surface area contributed by atoms with E-state index in [1.165, 1.54) is 16.7 Å². The Morgan fingerprint density at radius 1 is 1.16 bits per heavy atom. The lowest BCUT2D eigenvalue weighted by atomic mass is 9.95. The van der Waals surface area contributed by atoms with Gasteiger partial charge in [0.1, 0.15) is 5.76 Å². The normalized spacial score (nSPS) is 16.0. The molecular formula is C27H32N2O2. The van der Waals surface area contributed by atoms with E-state index in [1.54, 1.807) is 0 Å². The number of hydrogen-bond donors (Lipinski definition) is 1. The van der Waals surface area contributed by atoms with E-state index in [0.29, 0.717) is 17.1 Å². The first-order valence-corrected chi connectivity index (χ1v) is 11.3. The van der Waals surface area contributed by atoms with Gasteiger partial charge in [-0.05, 0) is 67.0 Å². The zero-order chi connectivity index (χ0) is 22.0. The quantitative estimate of drug-likeness (QED) is 0.586. The van der Waals surface area contributed by atoms with Gasteiger partial charge in [-0.2, -0.15) is 0 Å². The van der Waals surface area contributed by atoms with Crippen LogP contribution in [0, 0.1) is 12.8 Å². The third-order valence-corrected chi connectivity index (χ3v) is 6.56. The zero-order valence-electron chi connectivity index (χ0n) is 19.0. The van der Waals surface area contributed by atoms with Crippen LogP contribution in [-0.4, -0.2) is 26.2 Å². The molecule has 0 bridgehead atoms. The SMILES string of the molecule is CCC(C)/C(C)=C\c1cc(-c2cc3ccc(N4CCNCC4)cc3c(=O)o2)ccc1C. The van der Waals surface area contributed by atoms with Crippen LogP contribution in [0.1, 0.15) is 38.3 Å². The second-order valence-electron chi connectivity index (χ2n) is 8.68. The number of fused-ring (bicyclic) bond motifs is 1. The summed E-state index contributed by atoms with van der Waals surface area (Å²) in [5.41, 5.74) is 5.49. The summed E-state index contributed by atoms with van der Waals surface area (Å²) in [6.45, 7) is 12.6.